The van der Waals surface area contributed by atoms with Gasteiger partial charge in [0, 0.05) is 23.7 Å². The Labute approximate surface area is 169 Å². The normalized spacial score (nSPS) is 10.7. The summed E-state index contributed by atoms with van der Waals surface area (Å²) in [5.41, 5.74) is 5.83. The molecule has 0 spiro atoms. The Hall–Kier alpha value is -2.01. The molecule has 0 atom stereocenters. The van der Waals surface area contributed by atoms with Crippen LogP contribution in [0.3, 0.4) is 0 Å². The van der Waals surface area contributed by atoms with Gasteiger partial charge in [0.25, 0.3) is 0 Å². The van der Waals surface area contributed by atoms with Crippen LogP contribution in [0.15, 0.2) is 48.5 Å². The summed E-state index contributed by atoms with van der Waals surface area (Å²) in [5.74, 6) is 5.29. The van der Waals surface area contributed by atoms with Crippen LogP contribution in [0.5, 0.6) is 0 Å². The first-order chi connectivity index (χ1) is 13.2. The molecule has 0 unspecified atom stereocenters. The summed E-state index contributed by atoms with van der Waals surface area (Å²) in [6.07, 6.45) is 3.05. The molecule has 0 aromatic heterocycles. The van der Waals surface area contributed by atoms with Crippen molar-refractivity contribution in [2.45, 2.75) is 25.7 Å². The fourth-order valence-electron chi connectivity index (χ4n) is 2.30. The maximum Gasteiger partial charge on any atom is 0.394 e. The number of anilines is 1. The number of benzene rings is 2. The van der Waals surface area contributed by atoms with Gasteiger partial charge in [-0.15, -0.1) is 0 Å². The molecule has 8 nitrogen and oxygen atoms in total. The standard InChI is InChI=1S/C18H22ClN3O.H2O4S/c19-16-8-4-14(5-9-16)2-1-3-18(23)22-17-10-6-15(7-11-17)12-13-21-20;1-5(2,3)4/h4-11,21H,1-3,12-13,20H2,(H,22,23);(H2,1,2,3,4). The minimum Gasteiger partial charge on any atom is -0.326 e. The van der Waals surface area contributed by atoms with Gasteiger partial charge in [-0.25, -0.2) is 0 Å². The van der Waals surface area contributed by atoms with Gasteiger partial charge in [0.2, 0.25) is 5.91 Å². The third kappa shape index (κ3) is 12.4. The lowest BCUT2D eigenvalue weighted by Gasteiger charge is -2.07. The molecule has 0 aliphatic carbocycles. The SMILES string of the molecule is NNCCc1ccc(NC(=O)CCCc2ccc(Cl)cc2)cc1.O=S(=O)(O)O. The number of nitrogens with two attached hydrogens (primary N) is 1. The highest BCUT2D eigenvalue weighted by molar-refractivity contribution is 7.79. The molecule has 154 valence electrons. The second-order valence-electron chi connectivity index (χ2n) is 5.88. The van der Waals surface area contributed by atoms with Gasteiger partial charge in [-0.3, -0.25) is 25.2 Å². The van der Waals surface area contributed by atoms with Crippen molar-refractivity contribution in [3.8, 4) is 0 Å². The number of carbonyl (C=O) groups is 1. The molecular formula is C18H24ClN3O5S. The van der Waals surface area contributed by atoms with E-state index in [0.29, 0.717) is 6.42 Å². The molecule has 2 rings (SSSR count). The third-order valence-corrected chi connectivity index (χ3v) is 3.83. The summed E-state index contributed by atoms with van der Waals surface area (Å²) in [6.45, 7) is 0.733. The van der Waals surface area contributed by atoms with Crippen molar-refractivity contribution in [2.75, 3.05) is 11.9 Å². The Morgan fingerprint density at radius 3 is 2.00 bits per heavy atom. The molecule has 2 aromatic rings. The predicted octanol–water partition coefficient (Wildman–Crippen LogP) is 2.65. The molecule has 0 heterocycles. The number of amides is 1. The minimum atomic E-state index is -4.67. The van der Waals surface area contributed by atoms with Crippen molar-refractivity contribution in [1.29, 1.82) is 0 Å². The van der Waals surface area contributed by atoms with Crippen molar-refractivity contribution in [1.82, 2.24) is 5.43 Å². The van der Waals surface area contributed by atoms with E-state index in [1.807, 2.05) is 48.5 Å². The van der Waals surface area contributed by atoms with Crippen LogP contribution in [0.4, 0.5) is 5.69 Å². The number of halogens is 1. The van der Waals surface area contributed by atoms with E-state index in [-0.39, 0.29) is 5.91 Å². The number of carbonyl (C=O) groups excluding carboxylic acids is 1. The zero-order valence-electron chi connectivity index (χ0n) is 15.1. The van der Waals surface area contributed by atoms with Crippen LogP contribution >= 0.6 is 11.6 Å². The summed E-state index contributed by atoms with van der Waals surface area (Å²) in [6, 6.07) is 15.6. The summed E-state index contributed by atoms with van der Waals surface area (Å²) >= 11 is 5.85. The molecule has 0 saturated heterocycles. The maximum atomic E-state index is 12.0. The zero-order valence-corrected chi connectivity index (χ0v) is 16.7. The van der Waals surface area contributed by atoms with Crippen LogP contribution in [0.25, 0.3) is 0 Å². The molecule has 0 radical (unpaired) electrons. The zero-order chi connectivity index (χ0) is 21.0. The van der Waals surface area contributed by atoms with Crippen LogP contribution in [-0.4, -0.2) is 30.0 Å². The lowest BCUT2D eigenvalue weighted by Crippen LogP contribution is -2.24. The Balaban J connectivity index is 0.000000696. The van der Waals surface area contributed by atoms with E-state index in [1.54, 1.807) is 0 Å². The number of hydrogen-bond acceptors (Lipinski definition) is 5. The van der Waals surface area contributed by atoms with E-state index >= 15 is 0 Å². The Bertz CT molecular complexity index is 819. The Morgan fingerprint density at radius 1 is 0.964 bits per heavy atom. The first-order valence-electron chi connectivity index (χ1n) is 8.44. The van der Waals surface area contributed by atoms with Gasteiger partial charge < -0.3 is 5.32 Å². The molecule has 10 heteroatoms. The number of hydrazine groups is 1. The first-order valence-corrected chi connectivity index (χ1v) is 10.2. The largest absolute Gasteiger partial charge is 0.394 e. The van der Waals surface area contributed by atoms with Crippen molar-refractivity contribution in [3.05, 3.63) is 64.7 Å². The van der Waals surface area contributed by atoms with E-state index in [1.165, 1.54) is 11.1 Å². The summed E-state index contributed by atoms with van der Waals surface area (Å²) in [7, 11) is -4.67. The molecule has 2 aromatic carbocycles. The monoisotopic (exact) mass is 429 g/mol. The Morgan fingerprint density at radius 2 is 1.46 bits per heavy atom. The third-order valence-electron chi connectivity index (χ3n) is 3.58. The van der Waals surface area contributed by atoms with Crippen LogP contribution in [-0.2, 0) is 28.0 Å². The van der Waals surface area contributed by atoms with E-state index in [9.17, 15) is 4.79 Å². The molecule has 6 N–H and O–H groups in total. The van der Waals surface area contributed by atoms with Crippen LogP contribution in [0.1, 0.15) is 24.0 Å². The molecule has 0 aliphatic heterocycles. The molecule has 1 amide bonds. The van der Waals surface area contributed by atoms with E-state index in [2.05, 4.69) is 10.7 Å². The lowest BCUT2D eigenvalue weighted by molar-refractivity contribution is -0.116. The van der Waals surface area contributed by atoms with Crippen molar-refractivity contribution >= 4 is 33.6 Å². The second-order valence-corrected chi connectivity index (χ2v) is 7.21. The summed E-state index contributed by atoms with van der Waals surface area (Å²) < 4.78 is 31.6. The topological polar surface area (TPSA) is 142 Å². The van der Waals surface area contributed by atoms with E-state index in [4.69, 9.17) is 35.0 Å². The molecular weight excluding hydrogens is 406 g/mol. The van der Waals surface area contributed by atoms with E-state index < -0.39 is 10.4 Å². The first kappa shape index (κ1) is 24.0. The van der Waals surface area contributed by atoms with Gasteiger partial charge in [-0.2, -0.15) is 8.42 Å². The van der Waals surface area contributed by atoms with Crippen molar-refractivity contribution in [3.63, 3.8) is 0 Å². The summed E-state index contributed by atoms with van der Waals surface area (Å²) in [4.78, 5) is 12.0. The smallest absolute Gasteiger partial charge is 0.326 e. The van der Waals surface area contributed by atoms with Gasteiger partial charge in [0.05, 0.1) is 0 Å². The fourth-order valence-corrected chi connectivity index (χ4v) is 2.42. The fraction of sp³-hybridized carbons (Fsp3) is 0.278. The van der Waals surface area contributed by atoms with Gasteiger partial charge in [0.1, 0.15) is 0 Å². The van der Waals surface area contributed by atoms with Crippen LogP contribution < -0.4 is 16.6 Å². The highest BCUT2D eigenvalue weighted by Crippen LogP contribution is 2.13. The molecule has 0 fully saturated rings. The Kier molecular flexibility index (Phi) is 10.7. The molecule has 0 aliphatic rings. The molecule has 0 bridgehead atoms. The maximum absolute atomic E-state index is 12.0. The minimum absolute atomic E-state index is 0.0374. The van der Waals surface area contributed by atoms with Crippen LogP contribution in [0.2, 0.25) is 5.02 Å². The molecule has 0 saturated carbocycles. The predicted molar refractivity (Wildman–Crippen MR) is 110 cm³/mol. The number of hydrogen-bond donors (Lipinski definition) is 5. The van der Waals surface area contributed by atoms with Gasteiger partial charge in [0.15, 0.2) is 0 Å². The van der Waals surface area contributed by atoms with Crippen LogP contribution in [0, 0.1) is 0 Å². The van der Waals surface area contributed by atoms with E-state index in [0.717, 1.165) is 36.5 Å². The lowest BCUT2D eigenvalue weighted by atomic mass is 10.1. The second kappa shape index (κ2) is 12.4. The average Bonchev–Trinajstić information content (AvgIpc) is 2.61. The number of aryl methyl sites for hydroxylation is 1. The average molecular weight is 430 g/mol. The number of nitrogens with one attached hydrogen (secondary N) is 2. The van der Waals surface area contributed by atoms with Gasteiger partial charge in [-0.1, -0.05) is 35.9 Å². The number of rotatable bonds is 8. The van der Waals surface area contributed by atoms with Gasteiger partial charge >= 0.3 is 10.4 Å². The highest BCUT2D eigenvalue weighted by atomic mass is 35.5. The summed E-state index contributed by atoms with van der Waals surface area (Å²) in [5, 5.41) is 3.65. The van der Waals surface area contributed by atoms with Crippen molar-refractivity contribution < 1.29 is 22.3 Å². The van der Waals surface area contributed by atoms with Gasteiger partial charge in [-0.05, 0) is 54.7 Å². The quantitative estimate of drug-likeness (QED) is 0.246. The highest BCUT2D eigenvalue weighted by Gasteiger charge is 2.03. The molecule has 28 heavy (non-hydrogen) atoms. The van der Waals surface area contributed by atoms with Crippen molar-refractivity contribution in [2.24, 2.45) is 5.84 Å².